The van der Waals surface area contributed by atoms with Gasteiger partial charge in [0, 0.05) is 12.0 Å². The normalized spacial score (nSPS) is 24.2. The third-order valence-electron chi connectivity index (χ3n) is 6.25. The number of fused-ring (bicyclic) bond motifs is 1. The molecular weight excluding hydrogens is 348 g/mol. The van der Waals surface area contributed by atoms with Gasteiger partial charge in [-0.1, -0.05) is 53.6 Å². The van der Waals surface area contributed by atoms with Crippen molar-refractivity contribution in [2.24, 2.45) is 5.10 Å². The Balaban J connectivity index is 1.64. The minimum atomic E-state index is -0.856. The highest BCUT2D eigenvalue weighted by molar-refractivity contribution is 6.04. The van der Waals surface area contributed by atoms with Crippen LogP contribution in [0.25, 0.3) is 0 Å². The average molecular weight is 372 g/mol. The fourth-order valence-electron chi connectivity index (χ4n) is 4.65. The van der Waals surface area contributed by atoms with E-state index in [1.807, 2.05) is 66.5 Å². The van der Waals surface area contributed by atoms with Crippen molar-refractivity contribution in [1.82, 2.24) is 5.01 Å². The quantitative estimate of drug-likeness (QED) is 0.567. The Bertz CT molecular complexity index is 975. The highest BCUT2D eigenvalue weighted by atomic mass is 16.6. The van der Waals surface area contributed by atoms with Crippen LogP contribution in [0.4, 0.5) is 0 Å². The van der Waals surface area contributed by atoms with E-state index < -0.39 is 5.54 Å². The van der Waals surface area contributed by atoms with Gasteiger partial charge in [0.15, 0.2) is 5.54 Å². The molecule has 1 unspecified atom stereocenters. The van der Waals surface area contributed by atoms with Crippen LogP contribution in [0.1, 0.15) is 48.8 Å². The van der Waals surface area contributed by atoms with Crippen LogP contribution in [0.5, 0.6) is 0 Å². The second-order valence-corrected chi connectivity index (χ2v) is 8.04. The van der Waals surface area contributed by atoms with Gasteiger partial charge < -0.3 is 4.74 Å². The molecule has 5 rings (SSSR count). The molecule has 1 aliphatic carbocycles. The molecule has 2 aliphatic heterocycles. The Morgan fingerprint density at radius 3 is 2.43 bits per heavy atom. The van der Waals surface area contributed by atoms with Gasteiger partial charge in [-0.2, -0.15) is 0 Å². The molecule has 28 heavy (non-hydrogen) atoms. The van der Waals surface area contributed by atoms with E-state index >= 15 is 0 Å². The molecule has 2 heterocycles. The van der Waals surface area contributed by atoms with Crippen molar-refractivity contribution in [3.8, 4) is 0 Å². The Labute approximate surface area is 165 Å². The first-order valence-electron chi connectivity index (χ1n) is 10.1. The first-order chi connectivity index (χ1) is 13.7. The number of esters is 1. The van der Waals surface area contributed by atoms with E-state index in [-0.39, 0.29) is 5.97 Å². The van der Waals surface area contributed by atoms with Crippen LogP contribution >= 0.6 is 0 Å². The smallest absolute Gasteiger partial charge is 0.345 e. The Morgan fingerprint density at radius 2 is 1.68 bits per heavy atom. The van der Waals surface area contributed by atoms with Crippen molar-refractivity contribution in [3.63, 3.8) is 0 Å². The number of hydrazone groups is 1. The molecule has 4 heteroatoms. The Morgan fingerprint density at radius 1 is 0.964 bits per heavy atom. The van der Waals surface area contributed by atoms with E-state index in [1.165, 1.54) is 29.6 Å². The van der Waals surface area contributed by atoms with Crippen LogP contribution in [0.3, 0.4) is 0 Å². The molecule has 1 atom stereocenters. The second-order valence-electron chi connectivity index (χ2n) is 8.04. The van der Waals surface area contributed by atoms with Gasteiger partial charge in [0.05, 0.1) is 6.54 Å². The van der Waals surface area contributed by atoms with Crippen molar-refractivity contribution in [3.05, 3.63) is 82.4 Å². The van der Waals surface area contributed by atoms with E-state index in [4.69, 9.17) is 9.84 Å². The van der Waals surface area contributed by atoms with Gasteiger partial charge >= 0.3 is 5.97 Å². The van der Waals surface area contributed by atoms with Crippen molar-refractivity contribution < 1.29 is 9.53 Å². The molecule has 0 saturated carbocycles. The third-order valence-corrected chi connectivity index (χ3v) is 6.25. The molecule has 0 N–H and O–H groups in total. The van der Waals surface area contributed by atoms with Crippen molar-refractivity contribution in [2.75, 3.05) is 6.54 Å². The maximum absolute atomic E-state index is 13.5. The van der Waals surface area contributed by atoms with Gasteiger partial charge in [0.2, 0.25) is 5.90 Å². The second kappa shape index (κ2) is 6.62. The van der Waals surface area contributed by atoms with Crippen LogP contribution in [0.15, 0.2) is 70.8 Å². The lowest BCUT2D eigenvalue weighted by Gasteiger charge is -2.48. The first-order valence-corrected chi connectivity index (χ1v) is 10.1. The molecule has 0 radical (unpaired) electrons. The van der Waals surface area contributed by atoms with Crippen LogP contribution < -0.4 is 0 Å². The van der Waals surface area contributed by atoms with Crippen LogP contribution in [-0.2, 0) is 15.1 Å². The number of ether oxygens (including phenoxy) is 1. The van der Waals surface area contributed by atoms with Gasteiger partial charge in [-0.3, -0.25) is 5.01 Å². The molecule has 3 aliphatic rings. The molecular formula is C24H24N2O2. The maximum Gasteiger partial charge on any atom is 0.345 e. The first kappa shape index (κ1) is 17.2. The summed E-state index contributed by atoms with van der Waals surface area (Å²) in [5.41, 5.74) is 5.00. The summed E-state index contributed by atoms with van der Waals surface area (Å²) in [4.78, 5) is 13.5. The van der Waals surface area contributed by atoms with Gasteiger partial charge in [-0.05, 0) is 55.9 Å². The van der Waals surface area contributed by atoms with Crippen LogP contribution in [-0.4, -0.2) is 23.4 Å². The van der Waals surface area contributed by atoms with Crippen LogP contribution in [0, 0.1) is 6.92 Å². The fraction of sp³-hybridized carbons (Fsp3) is 0.333. The van der Waals surface area contributed by atoms with E-state index in [0.717, 1.165) is 24.0 Å². The largest absolute Gasteiger partial charge is 0.403 e. The number of cyclic esters (lactones) is 1. The predicted octanol–water partition coefficient (Wildman–Crippen LogP) is 4.69. The van der Waals surface area contributed by atoms with Gasteiger partial charge in [-0.15, -0.1) is 5.10 Å². The molecule has 0 bridgehead atoms. The number of hydrogen-bond donors (Lipinski definition) is 0. The van der Waals surface area contributed by atoms with Crippen molar-refractivity contribution in [2.45, 2.75) is 44.6 Å². The average Bonchev–Trinajstić information content (AvgIpc) is 2.73. The van der Waals surface area contributed by atoms with Crippen LogP contribution in [0.2, 0.25) is 0 Å². The number of carbonyl (C=O) groups excluding carboxylic acids is 1. The maximum atomic E-state index is 13.5. The summed E-state index contributed by atoms with van der Waals surface area (Å²) in [6.07, 6.45) is 5.30. The molecule has 2 aromatic rings. The molecule has 0 spiro atoms. The number of aryl methyl sites for hydroxylation is 1. The van der Waals surface area contributed by atoms with E-state index in [0.29, 0.717) is 18.9 Å². The molecule has 0 aromatic heterocycles. The van der Waals surface area contributed by atoms with Gasteiger partial charge in [-0.25, -0.2) is 4.79 Å². The zero-order chi connectivity index (χ0) is 19.1. The molecule has 0 saturated heterocycles. The highest BCUT2D eigenvalue weighted by Crippen LogP contribution is 2.46. The van der Waals surface area contributed by atoms with E-state index in [1.54, 1.807) is 0 Å². The summed E-state index contributed by atoms with van der Waals surface area (Å²) in [5, 5.41) is 6.86. The predicted molar refractivity (Wildman–Crippen MR) is 109 cm³/mol. The van der Waals surface area contributed by atoms with Gasteiger partial charge in [0.25, 0.3) is 0 Å². The number of nitrogens with zero attached hydrogens (tertiary/aromatic N) is 2. The number of hydrogen-bond acceptors (Lipinski definition) is 4. The van der Waals surface area contributed by atoms with Crippen molar-refractivity contribution in [1.29, 1.82) is 0 Å². The topological polar surface area (TPSA) is 41.9 Å². The summed E-state index contributed by atoms with van der Waals surface area (Å²) in [5.74, 6) is 0.179. The summed E-state index contributed by atoms with van der Waals surface area (Å²) < 4.78 is 5.87. The van der Waals surface area contributed by atoms with E-state index in [9.17, 15) is 4.79 Å². The Kier molecular flexibility index (Phi) is 4.08. The standard InChI is InChI=1S/C24H24N2O2/c1-17-11-13-18(14-12-17)22-25-26-16-20-8-6-5-7-19(20)15-24(26,23(27)28-22)21-9-3-2-4-10-21/h2-4,9-14H,5-8,15-16H2,1H3. The summed E-state index contributed by atoms with van der Waals surface area (Å²) >= 11 is 0. The summed E-state index contributed by atoms with van der Waals surface area (Å²) in [7, 11) is 0. The molecule has 0 amide bonds. The molecule has 0 fully saturated rings. The summed E-state index contributed by atoms with van der Waals surface area (Å²) in [6, 6.07) is 18.0. The fourth-order valence-corrected chi connectivity index (χ4v) is 4.65. The van der Waals surface area contributed by atoms with Crippen molar-refractivity contribution >= 4 is 11.9 Å². The summed E-state index contributed by atoms with van der Waals surface area (Å²) in [6.45, 7) is 2.75. The van der Waals surface area contributed by atoms with E-state index in [2.05, 4.69) is 0 Å². The zero-order valence-corrected chi connectivity index (χ0v) is 16.1. The lowest BCUT2D eigenvalue weighted by molar-refractivity contribution is -0.155. The van der Waals surface area contributed by atoms with Gasteiger partial charge in [0.1, 0.15) is 0 Å². The molecule has 2 aromatic carbocycles. The lowest BCUT2D eigenvalue weighted by Crippen LogP contribution is -2.57. The molecule has 142 valence electrons. The Hall–Kier alpha value is -2.88. The SMILES string of the molecule is Cc1ccc(C2=NN3CC4=C(CCCC4)CC3(c3ccccc3)C(=O)O2)cc1. The lowest BCUT2D eigenvalue weighted by atomic mass is 9.74. The number of carbonyl (C=O) groups is 1. The molecule has 4 nitrogen and oxygen atoms in total. The number of benzene rings is 2. The minimum absolute atomic E-state index is 0.221. The number of rotatable bonds is 2. The third kappa shape index (κ3) is 2.67. The monoisotopic (exact) mass is 372 g/mol. The minimum Gasteiger partial charge on any atom is -0.403 e. The zero-order valence-electron chi connectivity index (χ0n) is 16.1. The highest BCUT2D eigenvalue weighted by Gasteiger charge is 2.53.